The number of nitrogens with one attached hydrogen (secondary N) is 1. The van der Waals surface area contributed by atoms with Crippen LogP contribution in [-0.2, 0) is 4.79 Å². The van der Waals surface area contributed by atoms with Crippen molar-refractivity contribution in [1.82, 2.24) is 10.2 Å². The molecular formula is C15H28N2O. The molecule has 104 valence electrons. The molecule has 0 aromatic rings. The van der Waals surface area contributed by atoms with Crippen molar-refractivity contribution in [3.05, 3.63) is 0 Å². The summed E-state index contributed by atoms with van der Waals surface area (Å²) in [6.07, 6.45) is 4.93. The molecule has 1 amide bonds. The molecule has 2 aliphatic heterocycles. The lowest BCUT2D eigenvalue weighted by molar-refractivity contribution is -0.140. The van der Waals surface area contributed by atoms with E-state index < -0.39 is 0 Å². The van der Waals surface area contributed by atoms with E-state index in [9.17, 15) is 4.79 Å². The summed E-state index contributed by atoms with van der Waals surface area (Å²) in [7, 11) is 0. The Morgan fingerprint density at radius 1 is 1.50 bits per heavy atom. The van der Waals surface area contributed by atoms with E-state index in [4.69, 9.17) is 0 Å². The number of amides is 1. The van der Waals surface area contributed by atoms with Crippen molar-refractivity contribution in [1.29, 1.82) is 0 Å². The highest BCUT2D eigenvalue weighted by atomic mass is 16.2. The van der Waals surface area contributed by atoms with Crippen molar-refractivity contribution in [2.45, 2.75) is 46.5 Å². The minimum Gasteiger partial charge on any atom is -0.342 e. The maximum atomic E-state index is 12.5. The number of nitrogens with zero attached hydrogens (tertiary/aromatic N) is 1. The summed E-state index contributed by atoms with van der Waals surface area (Å²) in [6, 6.07) is 0. The second-order valence-corrected chi connectivity index (χ2v) is 6.63. The van der Waals surface area contributed by atoms with Crippen LogP contribution < -0.4 is 5.32 Å². The van der Waals surface area contributed by atoms with Crippen LogP contribution in [0.1, 0.15) is 46.5 Å². The summed E-state index contributed by atoms with van der Waals surface area (Å²) in [5.41, 5.74) is 0.361. The predicted molar refractivity (Wildman–Crippen MR) is 74.4 cm³/mol. The number of hydrogen-bond acceptors (Lipinski definition) is 2. The molecule has 3 heteroatoms. The van der Waals surface area contributed by atoms with Crippen LogP contribution >= 0.6 is 0 Å². The molecule has 2 saturated heterocycles. The molecule has 2 aliphatic rings. The van der Waals surface area contributed by atoms with Crippen LogP contribution in [0.25, 0.3) is 0 Å². The first-order valence-electron chi connectivity index (χ1n) is 7.55. The first-order chi connectivity index (χ1) is 8.56. The zero-order valence-electron chi connectivity index (χ0n) is 12.2. The van der Waals surface area contributed by atoms with Crippen molar-refractivity contribution in [3.63, 3.8) is 0 Å². The van der Waals surface area contributed by atoms with E-state index in [1.807, 2.05) is 0 Å². The molecule has 18 heavy (non-hydrogen) atoms. The summed E-state index contributed by atoms with van der Waals surface area (Å²) in [4.78, 5) is 14.7. The fourth-order valence-electron chi connectivity index (χ4n) is 3.47. The summed E-state index contributed by atoms with van der Waals surface area (Å²) in [5.74, 6) is 1.16. The van der Waals surface area contributed by atoms with Gasteiger partial charge in [0.2, 0.25) is 5.91 Å². The first-order valence-corrected chi connectivity index (χ1v) is 7.55. The third kappa shape index (κ3) is 2.87. The van der Waals surface area contributed by atoms with E-state index >= 15 is 0 Å². The van der Waals surface area contributed by atoms with Gasteiger partial charge in [-0.15, -0.1) is 0 Å². The Kier molecular flexibility index (Phi) is 4.31. The summed E-state index contributed by atoms with van der Waals surface area (Å²) < 4.78 is 0. The summed E-state index contributed by atoms with van der Waals surface area (Å²) in [6.45, 7) is 10.7. The Bertz CT molecular complexity index is 297. The SMILES string of the molecule is CCCC1(C)CCCN(C(=O)C(C)C2CNC2)C1. The first kappa shape index (κ1) is 13.9. The minimum atomic E-state index is 0.204. The molecule has 0 bridgehead atoms. The lowest BCUT2D eigenvalue weighted by Crippen LogP contribution is -2.53. The largest absolute Gasteiger partial charge is 0.342 e. The fraction of sp³-hybridized carbons (Fsp3) is 0.933. The smallest absolute Gasteiger partial charge is 0.225 e. The third-order valence-electron chi connectivity index (χ3n) is 4.86. The van der Waals surface area contributed by atoms with E-state index in [-0.39, 0.29) is 5.92 Å². The Morgan fingerprint density at radius 3 is 2.78 bits per heavy atom. The Labute approximate surface area is 111 Å². The van der Waals surface area contributed by atoms with Crippen molar-refractivity contribution in [2.75, 3.05) is 26.2 Å². The van der Waals surface area contributed by atoms with Gasteiger partial charge in [0.1, 0.15) is 0 Å². The molecule has 2 fully saturated rings. The quantitative estimate of drug-likeness (QED) is 0.832. The molecule has 2 heterocycles. The Balaban J connectivity index is 1.93. The zero-order chi connectivity index (χ0) is 13.2. The molecule has 2 atom stereocenters. The average molecular weight is 252 g/mol. The predicted octanol–water partition coefficient (Wildman–Crippen LogP) is 2.27. The van der Waals surface area contributed by atoms with Gasteiger partial charge in [-0.3, -0.25) is 4.79 Å². The molecular weight excluding hydrogens is 224 g/mol. The highest BCUT2D eigenvalue weighted by molar-refractivity contribution is 5.79. The van der Waals surface area contributed by atoms with E-state index in [0.717, 1.165) is 26.2 Å². The second kappa shape index (κ2) is 5.60. The van der Waals surface area contributed by atoms with Gasteiger partial charge in [-0.05, 0) is 43.7 Å². The van der Waals surface area contributed by atoms with Crippen LogP contribution in [0.4, 0.5) is 0 Å². The third-order valence-corrected chi connectivity index (χ3v) is 4.86. The van der Waals surface area contributed by atoms with Gasteiger partial charge in [-0.25, -0.2) is 0 Å². The molecule has 2 rings (SSSR count). The molecule has 0 aromatic heterocycles. The van der Waals surface area contributed by atoms with Crippen LogP contribution in [0.2, 0.25) is 0 Å². The number of hydrogen-bond donors (Lipinski definition) is 1. The highest BCUT2D eigenvalue weighted by Gasteiger charge is 2.36. The Morgan fingerprint density at radius 2 is 2.22 bits per heavy atom. The monoisotopic (exact) mass is 252 g/mol. The van der Waals surface area contributed by atoms with E-state index in [2.05, 4.69) is 31.0 Å². The molecule has 2 unspecified atom stereocenters. The van der Waals surface area contributed by atoms with Crippen LogP contribution in [0.15, 0.2) is 0 Å². The van der Waals surface area contributed by atoms with Crippen LogP contribution in [0.5, 0.6) is 0 Å². The second-order valence-electron chi connectivity index (χ2n) is 6.63. The molecule has 0 saturated carbocycles. The van der Waals surface area contributed by atoms with E-state index in [1.165, 1.54) is 25.7 Å². The van der Waals surface area contributed by atoms with Crippen molar-refractivity contribution in [3.8, 4) is 0 Å². The minimum absolute atomic E-state index is 0.204. The van der Waals surface area contributed by atoms with E-state index in [1.54, 1.807) is 0 Å². The van der Waals surface area contributed by atoms with Crippen LogP contribution in [0.3, 0.4) is 0 Å². The van der Waals surface area contributed by atoms with Crippen LogP contribution in [-0.4, -0.2) is 37.0 Å². The zero-order valence-corrected chi connectivity index (χ0v) is 12.2. The number of likely N-dealkylation sites (tertiary alicyclic amines) is 1. The number of carbonyl (C=O) groups is 1. The molecule has 0 aliphatic carbocycles. The van der Waals surface area contributed by atoms with Crippen molar-refractivity contribution in [2.24, 2.45) is 17.3 Å². The lowest BCUT2D eigenvalue weighted by Gasteiger charge is -2.43. The van der Waals surface area contributed by atoms with Crippen molar-refractivity contribution >= 4 is 5.91 Å². The van der Waals surface area contributed by atoms with Gasteiger partial charge in [0, 0.05) is 19.0 Å². The molecule has 0 aromatic carbocycles. The highest BCUT2D eigenvalue weighted by Crippen LogP contribution is 2.35. The topological polar surface area (TPSA) is 32.3 Å². The van der Waals surface area contributed by atoms with Gasteiger partial charge in [0.25, 0.3) is 0 Å². The maximum Gasteiger partial charge on any atom is 0.225 e. The number of carbonyl (C=O) groups excluding carboxylic acids is 1. The fourth-order valence-corrected chi connectivity index (χ4v) is 3.47. The van der Waals surface area contributed by atoms with Gasteiger partial charge >= 0.3 is 0 Å². The molecule has 1 N–H and O–H groups in total. The van der Waals surface area contributed by atoms with Gasteiger partial charge in [-0.2, -0.15) is 0 Å². The molecule has 0 spiro atoms. The number of piperidine rings is 1. The van der Waals surface area contributed by atoms with Gasteiger partial charge in [0.05, 0.1) is 0 Å². The van der Waals surface area contributed by atoms with Crippen molar-refractivity contribution < 1.29 is 4.79 Å². The maximum absolute atomic E-state index is 12.5. The number of rotatable bonds is 4. The molecule has 3 nitrogen and oxygen atoms in total. The summed E-state index contributed by atoms with van der Waals surface area (Å²) in [5, 5.41) is 3.27. The lowest BCUT2D eigenvalue weighted by atomic mass is 9.77. The van der Waals surface area contributed by atoms with E-state index in [0.29, 0.717) is 17.2 Å². The normalized spacial score (nSPS) is 30.9. The van der Waals surface area contributed by atoms with Gasteiger partial charge < -0.3 is 10.2 Å². The molecule has 0 radical (unpaired) electrons. The standard InChI is InChI=1S/C15H28N2O/c1-4-6-15(3)7-5-8-17(11-15)14(18)12(2)13-9-16-10-13/h12-13,16H,4-11H2,1-3H3. The van der Waals surface area contributed by atoms with Gasteiger partial charge in [-0.1, -0.05) is 27.2 Å². The Hall–Kier alpha value is -0.570. The van der Waals surface area contributed by atoms with Crippen LogP contribution in [0, 0.1) is 17.3 Å². The van der Waals surface area contributed by atoms with Gasteiger partial charge in [0.15, 0.2) is 0 Å². The summed E-state index contributed by atoms with van der Waals surface area (Å²) >= 11 is 0. The average Bonchev–Trinajstić information content (AvgIpc) is 2.25.